The quantitative estimate of drug-likeness (QED) is 0.622. The highest BCUT2D eigenvalue weighted by Gasteiger charge is 2.12. The average Bonchev–Trinajstić information content (AvgIpc) is 3.36. The van der Waals surface area contributed by atoms with E-state index in [1.807, 2.05) is 48.0 Å². The van der Waals surface area contributed by atoms with Gasteiger partial charge in [-0.3, -0.25) is 9.59 Å². The SMILES string of the molecule is CCc1ccccc1NC(=O)CNC(=O)CCc1nc(-c2ccsc2)no1. The molecule has 2 aromatic heterocycles. The first-order valence-electron chi connectivity index (χ1n) is 8.65. The lowest BCUT2D eigenvalue weighted by Gasteiger charge is -2.10. The number of carbonyl (C=O) groups is 2. The lowest BCUT2D eigenvalue weighted by Crippen LogP contribution is -2.33. The second kappa shape index (κ2) is 9.09. The average molecular weight is 384 g/mol. The van der Waals surface area contributed by atoms with Crippen LogP contribution in [0.15, 0.2) is 45.6 Å². The van der Waals surface area contributed by atoms with Crippen LogP contribution in [0.5, 0.6) is 0 Å². The summed E-state index contributed by atoms with van der Waals surface area (Å²) in [7, 11) is 0. The normalized spacial score (nSPS) is 10.6. The van der Waals surface area contributed by atoms with Crippen molar-refractivity contribution >= 4 is 28.8 Å². The fraction of sp³-hybridized carbons (Fsp3) is 0.263. The minimum atomic E-state index is -0.262. The van der Waals surface area contributed by atoms with Gasteiger partial charge < -0.3 is 15.2 Å². The minimum absolute atomic E-state index is 0.0825. The van der Waals surface area contributed by atoms with Gasteiger partial charge in [0.15, 0.2) is 0 Å². The zero-order valence-corrected chi connectivity index (χ0v) is 15.7. The largest absolute Gasteiger partial charge is 0.347 e. The number of nitrogens with zero attached hydrogens (tertiary/aromatic N) is 2. The van der Waals surface area contributed by atoms with Crippen molar-refractivity contribution < 1.29 is 14.1 Å². The number of para-hydroxylation sites is 1. The summed E-state index contributed by atoms with van der Waals surface area (Å²) >= 11 is 1.55. The van der Waals surface area contributed by atoms with Crippen LogP contribution >= 0.6 is 11.3 Å². The lowest BCUT2D eigenvalue weighted by molar-refractivity contribution is -0.124. The third-order valence-electron chi connectivity index (χ3n) is 3.93. The maximum Gasteiger partial charge on any atom is 0.243 e. The van der Waals surface area contributed by atoms with Gasteiger partial charge in [0, 0.05) is 29.5 Å². The third-order valence-corrected chi connectivity index (χ3v) is 4.62. The van der Waals surface area contributed by atoms with Gasteiger partial charge in [-0.15, -0.1) is 0 Å². The predicted octanol–water partition coefficient (Wildman–Crippen LogP) is 3.05. The summed E-state index contributed by atoms with van der Waals surface area (Å²) in [6.45, 7) is 1.94. The van der Waals surface area contributed by atoms with Crippen LogP contribution in [0, 0.1) is 0 Å². The number of hydrogen-bond acceptors (Lipinski definition) is 6. The van der Waals surface area contributed by atoms with Gasteiger partial charge in [-0.05, 0) is 29.5 Å². The van der Waals surface area contributed by atoms with Gasteiger partial charge in [0.25, 0.3) is 0 Å². The Hall–Kier alpha value is -3.00. The van der Waals surface area contributed by atoms with Crippen LogP contribution in [0.3, 0.4) is 0 Å². The molecule has 0 radical (unpaired) electrons. The Balaban J connectivity index is 1.42. The number of thiophene rings is 1. The molecular formula is C19H20N4O3S. The zero-order chi connectivity index (χ0) is 19.1. The summed E-state index contributed by atoms with van der Waals surface area (Å²) in [6, 6.07) is 9.50. The summed E-state index contributed by atoms with van der Waals surface area (Å²) in [5, 5.41) is 13.2. The number of amides is 2. The smallest absolute Gasteiger partial charge is 0.243 e. The number of rotatable bonds is 8. The van der Waals surface area contributed by atoms with Crippen molar-refractivity contribution in [1.29, 1.82) is 0 Å². The van der Waals surface area contributed by atoms with Crippen LogP contribution in [-0.4, -0.2) is 28.5 Å². The monoisotopic (exact) mass is 384 g/mol. The summed E-state index contributed by atoms with van der Waals surface area (Å²) in [5.41, 5.74) is 2.71. The Morgan fingerprint density at radius 1 is 1.19 bits per heavy atom. The van der Waals surface area contributed by atoms with E-state index in [0.717, 1.165) is 23.2 Å². The number of aryl methyl sites for hydroxylation is 2. The predicted molar refractivity (Wildman–Crippen MR) is 103 cm³/mol. The number of anilines is 1. The fourth-order valence-corrected chi connectivity index (χ4v) is 3.13. The lowest BCUT2D eigenvalue weighted by atomic mass is 10.1. The molecule has 0 atom stereocenters. The van der Waals surface area contributed by atoms with Crippen molar-refractivity contribution in [3.05, 3.63) is 52.5 Å². The molecule has 0 saturated heterocycles. The van der Waals surface area contributed by atoms with Crippen LogP contribution in [-0.2, 0) is 22.4 Å². The highest BCUT2D eigenvalue weighted by Crippen LogP contribution is 2.19. The molecule has 3 rings (SSSR count). The molecule has 2 amide bonds. The Labute approximate surface area is 160 Å². The second-order valence-electron chi connectivity index (χ2n) is 5.86. The van der Waals surface area contributed by atoms with E-state index >= 15 is 0 Å². The number of hydrogen-bond donors (Lipinski definition) is 2. The van der Waals surface area contributed by atoms with Gasteiger partial charge in [-0.25, -0.2) is 0 Å². The Bertz CT molecular complexity index is 905. The van der Waals surface area contributed by atoms with Gasteiger partial charge >= 0.3 is 0 Å². The molecule has 2 heterocycles. The molecule has 0 aliphatic carbocycles. The summed E-state index contributed by atoms with van der Waals surface area (Å²) < 4.78 is 5.15. The molecule has 0 fully saturated rings. The van der Waals surface area contributed by atoms with E-state index in [2.05, 4.69) is 20.8 Å². The zero-order valence-electron chi connectivity index (χ0n) is 14.9. The van der Waals surface area contributed by atoms with E-state index in [-0.39, 0.29) is 24.8 Å². The molecule has 0 spiro atoms. The summed E-state index contributed by atoms with van der Waals surface area (Å²) in [5.74, 6) is 0.402. The molecule has 0 saturated carbocycles. The van der Waals surface area contributed by atoms with Gasteiger partial charge in [-0.1, -0.05) is 30.3 Å². The number of benzene rings is 1. The van der Waals surface area contributed by atoms with Gasteiger partial charge in [0.05, 0.1) is 6.54 Å². The Morgan fingerprint density at radius 2 is 2.04 bits per heavy atom. The summed E-state index contributed by atoms with van der Waals surface area (Å²) in [4.78, 5) is 28.2. The topological polar surface area (TPSA) is 97.1 Å². The molecule has 140 valence electrons. The van der Waals surface area contributed by atoms with E-state index in [1.54, 1.807) is 11.3 Å². The first-order chi connectivity index (χ1) is 13.2. The highest BCUT2D eigenvalue weighted by atomic mass is 32.1. The molecule has 0 aliphatic heterocycles. The van der Waals surface area contributed by atoms with Crippen molar-refractivity contribution in [3.8, 4) is 11.4 Å². The van der Waals surface area contributed by atoms with Crippen molar-refractivity contribution in [1.82, 2.24) is 15.5 Å². The van der Waals surface area contributed by atoms with Crippen molar-refractivity contribution in [2.75, 3.05) is 11.9 Å². The molecular weight excluding hydrogens is 364 g/mol. The van der Waals surface area contributed by atoms with Crippen LogP contribution < -0.4 is 10.6 Å². The van der Waals surface area contributed by atoms with Crippen LogP contribution in [0.2, 0.25) is 0 Å². The number of nitrogens with one attached hydrogen (secondary N) is 2. The molecule has 2 N–H and O–H groups in total. The van der Waals surface area contributed by atoms with Gasteiger partial charge in [0.2, 0.25) is 23.5 Å². The molecule has 7 nitrogen and oxygen atoms in total. The number of carbonyl (C=O) groups excluding carboxylic acids is 2. The maximum atomic E-state index is 12.0. The van der Waals surface area contributed by atoms with Crippen molar-refractivity contribution in [2.24, 2.45) is 0 Å². The van der Waals surface area contributed by atoms with Crippen molar-refractivity contribution in [2.45, 2.75) is 26.2 Å². The Kier molecular flexibility index (Phi) is 6.32. The highest BCUT2D eigenvalue weighted by molar-refractivity contribution is 7.08. The maximum absolute atomic E-state index is 12.0. The van der Waals surface area contributed by atoms with Crippen molar-refractivity contribution in [3.63, 3.8) is 0 Å². The third kappa shape index (κ3) is 5.24. The summed E-state index contributed by atoms with van der Waals surface area (Å²) in [6.07, 6.45) is 1.31. The van der Waals surface area contributed by atoms with Gasteiger partial charge in [0.1, 0.15) is 0 Å². The van der Waals surface area contributed by atoms with E-state index in [4.69, 9.17) is 4.52 Å². The van der Waals surface area contributed by atoms with Crippen LogP contribution in [0.4, 0.5) is 5.69 Å². The molecule has 3 aromatic rings. The molecule has 27 heavy (non-hydrogen) atoms. The van der Waals surface area contributed by atoms with Gasteiger partial charge in [-0.2, -0.15) is 16.3 Å². The second-order valence-corrected chi connectivity index (χ2v) is 6.64. The molecule has 0 bridgehead atoms. The Morgan fingerprint density at radius 3 is 2.81 bits per heavy atom. The standard InChI is InChI=1S/C19H20N4O3S/c1-2-13-5-3-4-6-15(13)21-17(25)11-20-16(24)7-8-18-22-19(23-26-18)14-9-10-27-12-14/h3-6,9-10,12H,2,7-8,11H2,1H3,(H,20,24)(H,21,25). The van der Waals surface area contributed by atoms with E-state index in [1.165, 1.54) is 0 Å². The first kappa shape index (κ1) is 18.8. The molecule has 8 heteroatoms. The van der Waals surface area contributed by atoms with Crippen LogP contribution in [0.1, 0.15) is 24.8 Å². The molecule has 1 aromatic carbocycles. The minimum Gasteiger partial charge on any atom is -0.347 e. The number of aromatic nitrogens is 2. The van der Waals surface area contributed by atoms with E-state index in [9.17, 15) is 9.59 Å². The molecule has 0 aliphatic rings. The van der Waals surface area contributed by atoms with E-state index < -0.39 is 0 Å². The van der Waals surface area contributed by atoms with E-state index in [0.29, 0.717) is 18.1 Å². The first-order valence-corrected chi connectivity index (χ1v) is 9.59. The molecule has 0 unspecified atom stereocenters. The fourth-order valence-electron chi connectivity index (χ4n) is 2.50. The van der Waals surface area contributed by atoms with Crippen LogP contribution in [0.25, 0.3) is 11.4 Å².